The Morgan fingerprint density at radius 3 is 2.47 bits per heavy atom. The molecule has 0 spiro atoms. The van der Waals surface area contributed by atoms with Gasteiger partial charge in [-0.25, -0.2) is 8.42 Å². The van der Waals surface area contributed by atoms with Gasteiger partial charge in [0.25, 0.3) is 15.9 Å². The van der Waals surface area contributed by atoms with Crippen LogP contribution in [0.2, 0.25) is 5.02 Å². The fourth-order valence-electron chi connectivity index (χ4n) is 3.18. The Hall–Kier alpha value is -1.94. The highest BCUT2D eigenvalue weighted by atomic mass is 35.5. The summed E-state index contributed by atoms with van der Waals surface area (Å²) in [5.41, 5.74) is 0.917. The van der Waals surface area contributed by atoms with Crippen LogP contribution in [0.5, 0.6) is 0 Å². The van der Waals surface area contributed by atoms with E-state index < -0.39 is 21.9 Å². The van der Waals surface area contributed by atoms with Crippen LogP contribution in [-0.2, 0) is 30.9 Å². The fourth-order valence-corrected chi connectivity index (χ4v) is 5.92. The topological polar surface area (TPSA) is 84.0 Å². The van der Waals surface area contributed by atoms with E-state index in [2.05, 4.69) is 0 Å². The lowest BCUT2D eigenvalue weighted by molar-refractivity contribution is -0.156. The first-order chi connectivity index (χ1) is 14.3. The zero-order valence-electron chi connectivity index (χ0n) is 16.5. The molecule has 0 aliphatic carbocycles. The van der Waals surface area contributed by atoms with Gasteiger partial charge in [0.2, 0.25) is 0 Å². The van der Waals surface area contributed by atoms with E-state index in [4.69, 9.17) is 16.3 Å². The predicted octanol–water partition coefficient (Wildman–Crippen LogP) is 3.00. The smallest absolute Gasteiger partial charge is 0.309 e. The van der Waals surface area contributed by atoms with Gasteiger partial charge in [0, 0.05) is 31.7 Å². The van der Waals surface area contributed by atoms with Gasteiger partial charge in [0.05, 0.1) is 5.92 Å². The second-order valence-corrected chi connectivity index (χ2v) is 10.6. The lowest BCUT2D eigenvalue weighted by Crippen LogP contribution is -2.41. The third kappa shape index (κ3) is 5.60. The summed E-state index contributed by atoms with van der Waals surface area (Å²) in [5.74, 6) is -1.18. The Bertz CT molecular complexity index is 969. The number of ether oxygens (including phenoxy) is 1. The number of hydrogen-bond acceptors (Lipinski definition) is 6. The Kier molecular flexibility index (Phi) is 7.51. The summed E-state index contributed by atoms with van der Waals surface area (Å²) in [6.45, 7) is 0.554. The minimum atomic E-state index is -3.51. The number of amides is 1. The van der Waals surface area contributed by atoms with Crippen LogP contribution < -0.4 is 0 Å². The molecule has 0 unspecified atom stereocenters. The third-order valence-electron chi connectivity index (χ3n) is 4.97. The summed E-state index contributed by atoms with van der Waals surface area (Å²) in [6.07, 6.45) is 0.747. The molecule has 30 heavy (non-hydrogen) atoms. The van der Waals surface area contributed by atoms with Crippen LogP contribution in [0.25, 0.3) is 0 Å². The molecular weight excluding hydrogens is 448 g/mol. The van der Waals surface area contributed by atoms with Gasteiger partial charge >= 0.3 is 5.97 Å². The first-order valence-corrected chi connectivity index (χ1v) is 12.2. The van der Waals surface area contributed by atoms with E-state index in [1.807, 2.05) is 12.1 Å². The summed E-state index contributed by atoms with van der Waals surface area (Å²) in [5, 5.41) is 2.34. The molecule has 1 aromatic heterocycles. The number of piperidine rings is 1. The minimum Gasteiger partial charge on any atom is -0.455 e. The Morgan fingerprint density at radius 2 is 1.87 bits per heavy atom. The van der Waals surface area contributed by atoms with Crippen LogP contribution >= 0.6 is 22.9 Å². The van der Waals surface area contributed by atoms with E-state index in [0.29, 0.717) is 28.6 Å². The highest BCUT2D eigenvalue weighted by Crippen LogP contribution is 2.26. The highest BCUT2D eigenvalue weighted by Gasteiger charge is 2.33. The summed E-state index contributed by atoms with van der Waals surface area (Å²) >= 11 is 7.03. The molecule has 10 heteroatoms. The maximum absolute atomic E-state index is 12.5. The molecular formula is C20H23ClN2O5S2. The highest BCUT2D eigenvalue weighted by molar-refractivity contribution is 7.91. The third-order valence-corrected chi connectivity index (χ3v) is 8.50. The van der Waals surface area contributed by atoms with Crippen molar-refractivity contribution in [2.75, 3.05) is 26.7 Å². The number of benzene rings is 1. The maximum atomic E-state index is 12.5. The second kappa shape index (κ2) is 9.91. The SMILES string of the molecule is CN(Cc1ccc(Cl)cc1)C(=O)COC(=O)C1CCN(S(=O)(=O)c2cccs2)CC1. The molecule has 0 atom stereocenters. The first kappa shape index (κ1) is 22.7. The second-order valence-electron chi connectivity index (χ2n) is 7.09. The normalized spacial score (nSPS) is 15.7. The van der Waals surface area contributed by atoms with Gasteiger partial charge in [-0.3, -0.25) is 9.59 Å². The Morgan fingerprint density at radius 1 is 1.20 bits per heavy atom. The number of esters is 1. The number of rotatable bonds is 7. The maximum Gasteiger partial charge on any atom is 0.309 e. The quantitative estimate of drug-likeness (QED) is 0.581. The molecule has 1 aliphatic heterocycles. The van der Waals surface area contributed by atoms with Crippen molar-refractivity contribution in [2.45, 2.75) is 23.6 Å². The molecule has 1 aromatic carbocycles. The van der Waals surface area contributed by atoms with Gasteiger partial charge in [-0.05, 0) is 42.0 Å². The molecule has 0 saturated carbocycles. The molecule has 7 nitrogen and oxygen atoms in total. The Balaban J connectivity index is 1.44. The van der Waals surface area contributed by atoms with Crippen molar-refractivity contribution in [2.24, 2.45) is 5.92 Å². The number of carbonyl (C=O) groups is 2. The molecule has 2 aromatic rings. The summed E-state index contributed by atoms with van der Waals surface area (Å²) < 4.78 is 32.0. The van der Waals surface area contributed by atoms with Crippen molar-refractivity contribution in [3.8, 4) is 0 Å². The standard InChI is InChI=1S/C20H23ClN2O5S2/c1-22(13-15-4-6-17(21)7-5-15)18(24)14-28-20(25)16-8-10-23(11-9-16)30(26,27)19-3-2-12-29-19/h2-7,12,16H,8-11,13-14H2,1H3. The molecule has 1 saturated heterocycles. The molecule has 0 bridgehead atoms. The van der Waals surface area contributed by atoms with Gasteiger partial charge in [-0.2, -0.15) is 4.31 Å². The molecule has 162 valence electrons. The van der Waals surface area contributed by atoms with Gasteiger partial charge < -0.3 is 9.64 Å². The number of thiophene rings is 1. The van der Waals surface area contributed by atoms with E-state index in [1.165, 1.54) is 20.5 Å². The molecule has 3 rings (SSSR count). The lowest BCUT2D eigenvalue weighted by Gasteiger charge is -2.29. The zero-order chi connectivity index (χ0) is 21.7. The Labute approximate surface area is 185 Å². The average Bonchev–Trinajstić information content (AvgIpc) is 3.29. The van der Waals surface area contributed by atoms with E-state index in [0.717, 1.165) is 5.56 Å². The number of nitrogens with zero attached hydrogens (tertiary/aromatic N) is 2. The van der Waals surface area contributed by atoms with Crippen molar-refractivity contribution in [3.63, 3.8) is 0 Å². The predicted molar refractivity (Wildman–Crippen MR) is 115 cm³/mol. The van der Waals surface area contributed by atoms with E-state index >= 15 is 0 Å². The molecule has 2 heterocycles. The number of likely N-dealkylation sites (N-methyl/N-ethyl adjacent to an activating group) is 1. The van der Waals surface area contributed by atoms with E-state index in [1.54, 1.807) is 36.7 Å². The molecule has 1 amide bonds. The van der Waals surface area contributed by atoms with E-state index in [-0.39, 0.29) is 25.6 Å². The van der Waals surface area contributed by atoms with E-state index in [9.17, 15) is 18.0 Å². The molecule has 0 N–H and O–H groups in total. The monoisotopic (exact) mass is 470 g/mol. The number of hydrogen-bond donors (Lipinski definition) is 0. The summed E-state index contributed by atoms with van der Waals surface area (Å²) in [7, 11) is -1.87. The molecule has 0 radical (unpaired) electrons. The number of halogens is 1. The molecule has 1 fully saturated rings. The first-order valence-electron chi connectivity index (χ1n) is 9.46. The van der Waals surface area contributed by atoms with Crippen molar-refractivity contribution >= 4 is 44.8 Å². The van der Waals surface area contributed by atoms with Gasteiger partial charge in [-0.15, -0.1) is 11.3 Å². The lowest BCUT2D eigenvalue weighted by atomic mass is 9.98. The number of carbonyl (C=O) groups excluding carboxylic acids is 2. The van der Waals surface area contributed by atoms with Crippen LogP contribution in [0, 0.1) is 5.92 Å². The van der Waals surface area contributed by atoms with Crippen molar-refractivity contribution in [1.29, 1.82) is 0 Å². The van der Waals surface area contributed by atoms with Crippen LogP contribution in [-0.4, -0.2) is 56.2 Å². The minimum absolute atomic E-state index is 0.254. The fraction of sp³-hybridized carbons (Fsp3) is 0.400. The average molecular weight is 471 g/mol. The van der Waals surface area contributed by atoms with Gasteiger partial charge in [0.15, 0.2) is 6.61 Å². The van der Waals surface area contributed by atoms with Gasteiger partial charge in [-0.1, -0.05) is 29.8 Å². The van der Waals surface area contributed by atoms with Crippen LogP contribution in [0.15, 0.2) is 46.0 Å². The van der Waals surface area contributed by atoms with Crippen LogP contribution in [0.4, 0.5) is 0 Å². The summed E-state index contributed by atoms with van der Waals surface area (Å²) in [6, 6.07) is 10.4. The zero-order valence-corrected chi connectivity index (χ0v) is 18.9. The number of sulfonamides is 1. The molecule has 1 aliphatic rings. The van der Waals surface area contributed by atoms with Crippen LogP contribution in [0.1, 0.15) is 18.4 Å². The summed E-state index contributed by atoms with van der Waals surface area (Å²) in [4.78, 5) is 26.1. The van der Waals surface area contributed by atoms with Gasteiger partial charge in [0.1, 0.15) is 4.21 Å². The van der Waals surface area contributed by atoms with Crippen molar-refractivity contribution < 1.29 is 22.7 Å². The van der Waals surface area contributed by atoms with Crippen LogP contribution in [0.3, 0.4) is 0 Å². The largest absolute Gasteiger partial charge is 0.455 e. The van der Waals surface area contributed by atoms with Crippen molar-refractivity contribution in [3.05, 3.63) is 52.4 Å². The van der Waals surface area contributed by atoms with Crippen molar-refractivity contribution in [1.82, 2.24) is 9.21 Å².